The number of rotatable bonds is 4. The van der Waals surface area contributed by atoms with Crippen LogP contribution in [0.3, 0.4) is 0 Å². The van der Waals surface area contributed by atoms with Crippen LogP contribution in [-0.4, -0.2) is 15.0 Å². The standard InChI is InChI=1S/C11H10ClNO3S/c1-2-16-8-11(7-13)17(14,15)10-5-3-9(12)4-6-10/h3-6,8H,2H2,1H3/b11-8+. The van der Waals surface area contributed by atoms with E-state index in [1.165, 1.54) is 24.3 Å². The van der Waals surface area contributed by atoms with Crippen molar-refractivity contribution in [2.45, 2.75) is 11.8 Å². The zero-order valence-corrected chi connectivity index (χ0v) is 10.6. The Labute approximate surface area is 105 Å². The van der Waals surface area contributed by atoms with Gasteiger partial charge in [-0.25, -0.2) is 8.42 Å². The number of hydrogen-bond donors (Lipinski definition) is 0. The molecule has 6 heteroatoms. The highest BCUT2D eigenvalue weighted by molar-refractivity contribution is 7.95. The van der Waals surface area contributed by atoms with Crippen LogP contribution in [-0.2, 0) is 14.6 Å². The monoisotopic (exact) mass is 271 g/mol. The third-order valence-electron chi connectivity index (χ3n) is 1.88. The molecular formula is C11H10ClNO3S. The molecule has 0 fully saturated rings. The van der Waals surface area contributed by atoms with Gasteiger partial charge in [0.15, 0.2) is 4.91 Å². The smallest absolute Gasteiger partial charge is 0.219 e. The van der Waals surface area contributed by atoms with Crippen LogP contribution < -0.4 is 0 Å². The minimum absolute atomic E-state index is 0.00871. The van der Waals surface area contributed by atoms with Crippen molar-refractivity contribution in [1.82, 2.24) is 0 Å². The quantitative estimate of drug-likeness (QED) is 0.623. The summed E-state index contributed by atoms with van der Waals surface area (Å²) >= 11 is 5.66. The number of benzene rings is 1. The first-order valence-electron chi connectivity index (χ1n) is 4.75. The average Bonchev–Trinajstić information content (AvgIpc) is 2.30. The molecule has 90 valence electrons. The van der Waals surface area contributed by atoms with Crippen molar-refractivity contribution >= 4 is 21.4 Å². The van der Waals surface area contributed by atoms with Gasteiger partial charge in [-0.2, -0.15) is 5.26 Å². The molecule has 0 atom stereocenters. The van der Waals surface area contributed by atoms with Gasteiger partial charge in [-0.05, 0) is 31.2 Å². The Kier molecular flexibility index (Phi) is 4.55. The lowest BCUT2D eigenvalue weighted by Crippen LogP contribution is -2.04. The topological polar surface area (TPSA) is 67.2 Å². The van der Waals surface area contributed by atoms with Gasteiger partial charge in [-0.3, -0.25) is 0 Å². The van der Waals surface area contributed by atoms with Gasteiger partial charge in [-0.1, -0.05) is 11.6 Å². The summed E-state index contributed by atoms with van der Waals surface area (Å²) in [5, 5.41) is 9.23. The van der Waals surface area contributed by atoms with Gasteiger partial charge in [0.2, 0.25) is 9.84 Å². The lowest BCUT2D eigenvalue weighted by atomic mass is 10.4. The lowest BCUT2D eigenvalue weighted by molar-refractivity contribution is 0.268. The Hall–Kier alpha value is -1.51. The van der Waals surface area contributed by atoms with Gasteiger partial charge < -0.3 is 4.74 Å². The molecule has 0 N–H and O–H groups in total. The first-order valence-corrected chi connectivity index (χ1v) is 6.61. The maximum atomic E-state index is 12.0. The average molecular weight is 272 g/mol. The Morgan fingerprint density at radius 1 is 1.47 bits per heavy atom. The number of hydrogen-bond acceptors (Lipinski definition) is 4. The fourth-order valence-electron chi connectivity index (χ4n) is 1.05. The van der Waals surface area contributed by atoms with Crippen molar-refractivity contribution in [2.24, 2.45) is 0 Å². The molecule has 0 aliphatic carbocycles. The summed E-state index contributed by atoms with van der Waals surface area (Å²) in [5.74, 6) is 0. The van der Waals surface area contributed by atoms with E-state index in [0.29, 0.717) is 11.6 Å². The summed E-state index contributed by atoms with van der Waals surface area (Å²) in [4.78, 5) is -0.420. The van der Waals surface area contributed by atoms with E-state index < -0.39 is 14.7 Å². The van der Waals surface area contributed by atoms with Gasteiger partial charge in [-0.15, -0.1) is 0 Å². The zero-order valence-electron chi connectivity index (χ0n) is 9.05. The van der Waals surface area contributed by atoms with Gasteiger partial charge in [0, 0.05) is 5.02 Å². The molecule has 0 aromatic heterocycles. The molecular weight excluding hydrogens is 262 g/mol. The molecule has 0 radical (unpaired) electrons. The van der Waals surface area contributed by atoms with Crippen LogP contribution in [0, 0.1) is 11.3 Å². The lowest BCUT2D eigenvalue weighted by Gasteiger charge is -2.03. The summed E-state index contributed by atoms with van der Waals surface area (Å²) in [6.07, 6.45) is 0.948. The van der Waals surface area contributed by atoms with E-state index in [0.717, 1.165) is 6.26 Å². The molecule has 4 nitrogen and oxygen atoms in total. The van der Waals surface area contributed by atoms with E-state index in [1.807, 2.05) is 0 Å². The van der Waals surface area contributed by atoms with E-state index in [1.54, 1.807) is 13.0 Å². The number of nitrogens with zero attached hydrogens (tertiary/aromatic N) is 1. The highest BCUT2D eigenvalue weighted by Crippen LogP contribution is 2.20. The Morgan fingerprint density at radius 3 is 2.53 bits per heavy atom. The maximum absolute atomic E-state index is 12.0. The van der Waals surface area contributed by atoms with Crippen molar-refractivity contribution in [2.75, 3.05) is 6.61 Å². The summed E-state index contributed by atoms with van der Waals surface area (Å²) in [7, 11) is -3.82. The maximum Gasteiger partial charge on any atom is 0.219 e. The van der Waals surface area contributed by atoms with E-state index >= 15 is 0 Å². The van der Waals surface area contributed by atoms with E-state index in [2.05, 4.69) is 0 Å². The molecule has 0 bridgehead atoms. The zero-order chi connectivity index (χ0) is 12.9. The fraction of sp³-hybridized carbons (Fsp3) is 0.182. The minimum Gasteiger partial charge on any atom is -0.499 e. The van der Waals surface area contributed by atoms with Gasteiger partial charge in [0.1, 0.15) is 12.3 Å². The molecule has 0 spiro atoms. The van der Waals surface area contributed by atoms with Gasteiger partial charge in [0.25, 0.3) is 0 Å². The summed E-state index contributed by atoms with van der Waals surface area (Å²) in [6.45, 7) is 1.99. The van der Waals surface area contributed by atoms with Crippen LogP contribution in [0.2, 0.25) is 5.02 Å². The highest BCUT2D eigenvalue weighted by atomic mass is 35.5. The van der Waals surface area contributed by atoms with Crippen molar-refractivity contribution in [1.29, 1.82) is 5.26 Å². The van der Waals surface area contributed by atoms with Crippen LogP contribution in [0.5, 0.6) is 0 Å². The van der Waals surface area contributed by atoms with E-state index in [4.69, 9.17) is 21.6 Å². The molecule has 0 aliphatic rings. The Bertz CT molecular complexity index is 555. The predicted octanol–water partition coefficient (Wildman–Crippen LogP) is 2.52. The molecule has 17 heavy (non-hydrogen) atoms. The Balaban J connectivity index is 3.19. The molecule has 0 heterocycles. The molecule has 1 rings (SSSR count). The van der Waals surface area contributed by atoms with Gasteiger partial charge in [0.05, 0.1) is 11.5 Å². The molecule has 0 amide bonds. The highest BCUT2D eigenvalue weighted by Gasteiger charge is 2.21. The largest absolute Gasteiger partial charge is 0.499 e. The first kappa shape index (κ1) is 13.6. The van der Waals surface area contributed by atoms with E-state index in [9.17, 15) is 8.42 Å². The van der Waals surface area contributed by atoms with Crippen LogP contribution in [0.15, 0.2) is 40.3 Å². The number of sulfone groups is 1. The van der Waals surface area contributed by atoms with E-state index in [-0.39, 0.29) is 4.90 Å². The number of ether oxygens (including phenoxy) is 1. The molecule has 0 saturated carbocycles. The third kappa shape index (κ3) is 3.22. The second-order valence-corrected chi connectivity index (χ2v) is 5.36. The Morgan fingerprint density at radius 2 is 2.06 bits per heavy atom. The van der Waals surface area contributed by atoms with Crippen LogP contribution in [0.4, 0.5) is 0 Å². The number of halogens is 1. The van der Waals surface area contributed by atoms with Crippen molar-refractivity contribution in [3.63, 3.8) is 0 Å². The normalized spacial score (nSPS) is 11.9. The summed E-state index contributed by atoms with van der Waals surface area (Å²) < 4.78 is 28.8. The van der Waals surface area contributed by atoms with Crippen LogP contribution in [0.1, 0.15) is 6.92 Å². The van der Waals surface area contributed by atoms with Gasteiger partial charge >= 0.3 is 0 Å². The van der Waals surface area contributed by atoms with Crippen molar-refractivity contribution in [3.05, 3.63) is 40.5 Å². The third-order valence-corrected chi connectivity index (χ3v) is 3.79. The molecule has 0 aliphatic heterocycles. The number of nitriles is 1. The summed E-state index contributed by atoms with van der Waals surface area (Å²) in [5.41, 5.74) is 0. The SMILES string of the molecule is CCO/C=C(\C#N)S(=O)(=O)c1ccc(Cl)cc1. The molecule has 0 unspecified atom stereocenters. The summed E-state index contributed by atoms with van der Waals surface area (Å²) in [6, 6.07) is 7.19. The van der Waals surface area contributed by atoms with Crippen molar-refractivity contribution < 1.29 is 13.2 Å². The van der Waals surface area contributed by atoms with Crippen LogP contribution in [0.25, 0.3) is 0 Å². The predicted molar refractivity (Wildman–Crippen MR) is 64.0 cm³/mol. The van der Waals surface area contributed by atoms with Crippen molar-refractivity contribution in [3.8, 4) is 6.07 Å². The second kappa shape index (κ2) is 5.71. The molecule has 1 aromatic rings. The van der Waals surface area contributed by atoms with Crippen LogP contribution >= 0.6 is 11.6 Å². The second-order valence-electron chi connectivity index (χ2n) is 3.01. The molecule has 0 saturated heterocycles. The molecule has 1 aromatic carbocycles. The first-order chi connectivity index (χ1) is 8.02. The minimum atomic E-state index is -3.82. The number of allylic oxidation sites excluding steroid dienone is 1. The fourth-order valence-corrected chi connectivity index (χ4v) is 2.24.